The molecule has 2 aliphatic heterocycles. The minimum atomic E-state index is -0.418. The molecule has 7 aromatic rings. The first-order chi connectivity index (χ1) is 23.3. The van der Waals surface area contributed by atoms with E-state index in [0.29, 0.717) is 0 Å². The third-order valence-electron chi connectivity index (χ3n) is 9.04. The number of hydrogen-bond acceptors (Lipinski definition) is 4. The van der Waals surface area contributed by atoms with Gasteiger partial charge in [-0.05, 0) is 46.3 Å². The van der Waals surface area contributed by atoms with Crippen LogP contribution in [0.15, 0.2) is 180 Å². The molecular formula is C43H30N4. The van der Waals surface area contributed by atoms with Crippen LogP contribution in [0.5, 0.6) is 0 Å². The van der Waals surface area contributed by atoms with Gasteiger partial charge in [-0.2, -0.15) is 0 Å². The molecule has 0 saturated heterocycles. The highest BCUT2D eigenvalue weighted by Gasteiger charge is 2.27. The molecule has 2 aliphatic rings. The van der Waals surface area contributed by atoms with Crippen molar-refractivity contribution in [1.29, 1.82) is 0 Å². The Balaban J connectivity index is 1.15. The Hall–Kier alpha value is -6.26. The van der Waals surface area contributed by atoms with E-state index < -0.39 is 6.17 Å². The summed E-state index contributed by atoms with van der Waals surface area (Å²) in [4.78, 5) is 12.8. The maximum Gasteiger partial charge on any atom is 0.169 e. The minimum Gasteiger partial charge on any atom is -0.324 e. The Morgan fingerprint density at radius 3 is 1.77 bits per heavy atom. The van der Waals surface area contributed by atoms with Crippen LogP contribution in [-0.4, -0.2) is 11.7 Å². The van der Waals surface area contributed by atoms with Crippen LogP contribution < -0.4 is 10.2 Å². The summed E-state index contributed by atoms with van der Waals surface area (Å²) < 4.78 is 0. The SMILES string of the molecule is c1ccc(C2=NC(c3cccc(N4c5ccccc5-c5cccc6cccc4c56)c3)N=C(c3ccc(-c4ccccc4)cc3)N2)cc1. The van der Waals surface area contributed by atoms with Gasteiger partial charge in [-0.15, -0.1) is 0 Å². The van der Waals surface area contributed by atoms with Crippen LogP contribution >= 0.6 is 0 Å². The molecule has 0 spiro atoms. The molecule has 222 valence electrons. The smallest absolute Gasteiger partial charge is 0.169 e. The van der Waals surface area contributed by atoms with Gasteiger partial charge < -0.3 is 10.2 Å². The van der Waals surface area contributed by atoms with Crippen LogP contribution in [0.2, 0.25) is 0 Å². The summed E-state index contributed by atoms with van der Waals surface area (Å²) in [5.74, 6) is 1.61. The molecule has 2 heterocycles. The van der Waals surface area contributed by atoms with Crippen LogP contribution in [0.3, 0.4) is 0 Å². The van der Waals surface area contributed by atoms with E-state index in [1.165, 1.54) is 38.7 Å². The molecule has 1 unspecified atom stereocenters. The number of aliphatic imine (C=N–C) groups is 2. The Bertz CT molecular complexity index is 2320. The fourth-order valence-corrected chi connectivity index (χ4v) is 6.80. The van der Waals surface area contributed by atoms with Crippen molar-refractivity contribution in [3.05, 3.63) is 187 Å². The monoisotopic (exact) mass is 602 g/mol. The predicted octanol–water partition coefficient (Wildman–Crippen LogP) is 10.5. The van der Waals surface area contributed by atoms with Gasteiger partial charge in [0.25, 0.3) is 0 Å². The zero-order valence-corrected chi connectivity index (χ0v) is 25.6. The van der Waals surface area contributed by atoms with E-state index in [-0.39, 0.29) is 0 Å². The number of nitrogens with zero attached hydrogens (tertiary/aromatic N) is 3. The minimum absolute atomic E-state index is 0.418. The van der Waals surface area contributed by atoms with Gasteiger partial charge in [0.05, 0.1) is 11.4 Å². The molecule has 9 rings (SSSR count). The summed E-state index contributed by atoms with van der Waals surface area (Å²) in [6.45, 7) is 0. The summed E-state index contributed by atoms with van der Waals surface area (Å²) in [5, 5.41) is 6.05. The van der Waals surface area contributed by atoms with Crippen LogP contribution in [0, 0.1) is 0 Å². The standard InChI is InChI=1S/C43H30N4/c1-3-12-29(13-4-1)30-24-26-33(27-25-30)42-44-41(32-14-5-2-6-15-32)45-43(46-42)34-18-9-19-35(28-34)47-38-22-8-7-20-36(38)37-21-10-16-31-17-11-23-39(47)40(31)37/h1-28,43H,(H,44,45,46). The van der Waals surface area contributed by atoms with Gasteiger partial charge in [0.15, 0.2) is 6.17 Å². The molecule has 47 heavy (non-hydrogen) atoms. The third kappa shape index (κ3) is 4.79. The molecule has 0 bridgehead atoms. The Morgan fingerprint density at radius 1 is 0.447 bits per heavy atom. The lowest BCUT2D eigenvalue weighted by Crippen LogP contribution is -2.36. The number of rotatable bonds is 5. The largest absolute Gasteiger partial charge is 0.324 e. The van der Waals surface area contributed by atoms with E-state index in [9.17, 15) is 0 Å². The van der Waals surface area contributed by atoms with Crippen molar-refractivity contribution in [2.45, 2.75) is 6.17 Å². The fraction of sp³-hybridized carbons (Fsp3) is 0.0233. The number of fused-ring (bicyclic) bond motifs is 2. The quantitative estimate of drug-likeness (QED) is 0.213. The van der Waals surface area contributed by atoms with Gasteiger partial charge in [0, 0.05) is 33.3 Å². The lowest BCUT2D eigenvalue weighted by Gasteiger charge is -2.34. The summed E-state index contributed by atoms with van der Waals surface area (Å²) in [5.41, 5.74) is 11.3. The molecule has 0 aliphatic carbocycles. The highest BCUT2D eigenvalue weighted by Crippen LogP contribution is 2.50. The third-order valence-corrected chi connectivity index (χ3v) is 9.04. The second-order valence-electron chi connectivity index (χ2n) is 11.9. The van der Waals surface area contributed by atoms with Crippen molar-refractivity contribution in [2.75, 3.05) is 4.90 Å². The topological polar surface area (TPSA) is 40.0 Å². The zero-order valence-electron chi connectivity index (χ0n) is 25.6. The highest BCUT2D eigenvalue weighted by molar-refractivity contribution is 6.16. The Morgan fingerprint density at radius 2 is 1.00 bits per heavy atom. The lowest BCUT2D eigenvalue weighted by molar-refractivity contribution is 0.756. The summed E-state index contributed by atoms with van der Waals surface area (Å²) in [6.07, 6.45) is -0.418. The van der Waals surface area contributed by atoms with Crippen LogP contribution in [-0.2, 0) is 0 Å². The average Bonchev–Trinajstić information content (AvgIpc) is 3.16. The van der Waals surface area contributed by atoms with Crippen LogP contribution in [0.1, 0.15) is 22.9 Å². The van der Waals surface area contributed by atoms with Crippen molar-refractivity contribution in [3.8, 4) is 22.3 Å². The molecule has 4 nitrogen and oxygen atoms in total. The van der Waals surface area contributed by atoms with Crippen LogP contribution in [0.25, 0.3) is 33.0 Å². The summed E-state index contributed by atoms with van der Waals surface area (Å²) in [7, 11) is 0. The van der Waals surface area contributed by atoms with E-state index in [1.54, 1.807) is 0 Å². The van der Waals surface area contributed by atoms with Gasteiger partial charge in [-0.3, -0.25) is 0 Å². The molecular weight excluding hydrogens is 573 g/mol. The predicted molar refractivity (Wildman–Crippen MR) is 195 cm³/mol. The maximum atomic E-state index is 5.21. The fourth-order valence-electron chi connectivity index (χ4n) is 6.80. The summed E-state index contributed by atoms with van der Waals surface area (Å²) in [6, 6.07) is 59.8. The molecule has 1 atom stereocenters. The molecule has 7 aromatic carbocycles. The van der Waals surface area contributed by atoms with Crippen molar-refractivity contribution in [3.63, 3.8) is 0 Å². The molecule has 0 fully saturated rings. The molecule has 0 radical (unpaired) electrons. The van der Waals surface area contributed by atoms with Crippen molar-refractivity contribution >= 4 is 39.5 Å². The second kappa shape index (κ2) is 11.3. The Kier molecular flexibility index (Phi) is 6.50. The van der Waals surface area contributed by atoms with E-state index in [1.807, 2.05) is 24.3 Å². The lowest BCUT2D eigenvalue weighted by atomic mass is 9.91. The number of hydrogen-bond donors (Lipinski definition) is 1. The summed E-state index contributed by atoms with van der Waals surface area (Å²) >= 11 is 0. The van der Waals surface area contributed by atoms with E-state index >= 15 is 0 Å². The number of benzene rings is 7. The number of nitrogens with one attached hydrogen (secondary N) is 1. The molecule has 0 saturated carbocycles. The van der Waals surface area contributed by atoms with E-state index in [0.717, 1.165) is 39.7 Å². The van der Waals surface area contributed by atoms with Gasteiger partial charge >= 0.3 is 0 Å². The normalized spacial score (nSPS) is 15.0. The van der Waals surface area contributed by atoms with Crippen LogP contribution in [0.4, 0.5) is 17.1 Å². The first-order valence-corrected chi connectivity index (χ1v) is 16.0. The maximum absolute atomic E-state index is 5.21. The second-order valence-corrected chi connectivity index (χ2v) is 11.9. The van der Waals surface area contributed by atoms with Gasteiger partial charge in [-0.25, -0.2) is 9.98 Å². The van der Waals surface area contributed by atoms with Crippen molar-refractivity contribution in [1.82, 2.24) is 5.32 Å². The number of amidine groups is 2. The average molecular weight is 603 g/mol. The van der Waals surface area contributed by atoms with E-state index in [2.05, 4.69) is 156 Å². The van der Waals surface area contributed by atoms with Gasteiger partial charge in [-0.1, -0.05) is 146 Å². The number of para-hydroxylation sites is 1. The van der Waals surface area contributed by atoms with E-state index in [4.69, 9.17) is 9.98 Å². The first kappa shape index (κ1) is 27.1. The molecule has 4 heteroatoms. The number of anilines is 3. The first-order valence-electron chi connectivity index (χ1n) is 16.0. The zero-order chi connectivity index (χ0) is 31.2. The molecule has 0 amide bonds. The van der Waals surface area contributed by atoms with Crippen molar-refractivity contribution < 1.29 is 0 Å². The van der Waals surface area contributed by atoms with Gasteiger partial charge in [0.2, 0.25) is 0 Å². The van der Waals surface area contributed by atoms with Gasteiger partial charge in [0.1, 0.15) is 11.7 Å². The Labute approximate surface area is 274 Å². The molecule has 1 N–H and O–H groups in total. The highest BCUT2D eigenvalue weighted by atomic mass is 15.2. The van der Waals surface area contributed by atoms with Crippen molar-refractivity contribution in [2.24, 2.45) is 9.98 Å². The molecule has 0 aromatic heterocycles.